The number of carbonyl (C=O) groups is 1. The van der Waals surface area contributed by atoms with Crippen molar-refractivity contribution >= 4 is 17.7 Å². The minimum absolute atomic E-state index is 0.130. The van der Waals surface area contributed by atoms with Gasteiger partial charge in [-0.25, -0.2) is 4.39 Å². The van der Waals surface area contributed by atoms with Crippen molar-refractivity contribution in [3.8, 4) is 0 Å². The molecule has 1 atom stereocenters. The molecule has 1 aromatic rings. The third-order valence-electron chi connectivity index (χ3n) is 3.76. The van der Waals surface area contributed by atoms with Gasteiger partial charge in [-0.15, -0.1) is 11.8 Å². The number of carbonyl (C=O) groups excluding carboxylic acids is 1. The average Bonchev–Trinajstić information content (AvgIpc) is 2.76. The molecule has 0 aliphatic carbocycles. The van der Waals surface area contributed by atoms with Crippen molar-refractivity contribution in [1.29, 1.82) is 0 Å². The van der Waals surface area contributed by atoms with Crippen molar-refractivity contribution in [1.82, 2.24) is 4.90 Å². The third kappa shape index (κ3) is 3.11. The molecule has 1 aliphatic rings. The molecule has 0 aromatic heterocycles. The lowest BCUT2D eigenvalue weighted by Gasteiger charge is -2.30. The molecule has 1 saturated heterocycles. The molecule has 1 unspecified atom stereocenters. The van der Waals surface area contributed by atoms with Gasteiger partial charge in [0, 0.05) is 12.1 Å². The minimum atomic E-state index is -0.226. The fraction of sp³-hybridized carbons (Fsp3) is 0.533. The van der Waals surface area contributed by atoms with Gasteiger partial charge in [0.25, 0.3) is 0 Å². The van der Waals surface area contributed by atoms with E-state index >= 15 is 0 Å². The summed E-state index contributed by atoms with van der Waals surface area (Å²) in [7, 11) is 0. The summed E-state index contributed by atoms with van der Waals surface area (Å²) in [6.45, 7) is 4.69. The summed E-state index contributed by atoms with van der Waals surface area (Å²) in [5.41, 5.74) is 0.606. The van der Waals surface area contributed by atoms with Gasteiger partial charge in [0.15, 0.2) is 0 Å². The molecule has 0 N–H and O–H groups in total. The number of rotatable bonds is 5. The highest BCUT2D eigenvalue weighted by Crippen LogP contribution is 2.35. The van der Waals surface area contributed by atoms with E-state index in [-0.39, 0.29) is 17.1 Å². The highest BCUT2D eigenvalue weighted by molar-refractivity contribution is 8.01. The van der Waals surface area contributed by atoms with Crippen LogP contribution < -0.4 is 0 Å². The largest absolute Gasteiger partial charge is 0.325 e. The Hall–Kier alpha value is -1.03. The highest BCUT2D eigenvalue weighted by Gasteiger charge is 2.35. The Morgan fingerprint density at radius 3 is 2.68 bits per heavy atom. The predicted octanol–water partition coefficient (Wildman–Crippen LogP) is 3.66. The Morgan fingerprint density at radius 2 is 2.05 bits per heavy atom. The van der Waals surface area contributed by atoms with Crippen molar-refractivity contribution in [2.75, 3.05) is 5.75 Å². The van der Waals surface area contributed by atoms with Crippen molar-refractivity contribution in [3.63, 3.8) is 0 Å². The molecule has 1 amide bonds. The number of benzene rings is 1. The van der Waals surface area contributed by atoms with Gasteiger partial charge in [-0.3, -0.25) is 4.79 Å². The van der Waals surface area contributed by atoms with Crippen LogP contribution in [0.15, 0.2) is 24.3 Å². The van der Waals surface area contributed by atoms with E-state index in [0.717, 1.165) is 12.8 Å². The van der Waals surface area contributed by atoms with Crippen LogP contribution in [0.25, 0.3) is 0 Å². The first-order chi connectivity index (χ1) is 9.17. The molecule has 1 fully saturated rings. The predicted molar refractivity (Wildman–Crippen MR) is 77.3 cm³/mol. The molecule has 0 spiro atoms. The van der Waals surface area contributed by atoms with Crippen LogP contribution in [0.3, 0.4) is 0 Å². The lowest BCUT2D eigenvalue weighted by atomic mass is 10.0. The van der Waals surface area contributed by atoms with Crippen molar-refractivity contribution in [2.45, 2.75) is 38.6 Å². The molecule has 104 valence electrons. The zero-order valence-electron chi connectivity index (χ0n) is 11.4. The average molecular weight is 281 g/mol. The number of amides is 1. The van der Waals surface area contributed by atoms with Gasteiger partial charge >= 0.3 is 0 Å². The first kappa shape index (κ1) is 14.4. The SMILES string of the molecule is CCC(CC)C1SCC(=O)N1Cc1ccccc1F. The van der Waals surface area contributed by atoms with Crippen molar-refractivity contribution < 1.29 is 9.18 Å². The molecule has 1 heterocycles. The first-order valence-electron chi connectivity index (χ1n) is 6.81. The van der Waals surface area contributed by atoms with Gasteiger partial charge in [0.1, 0.15) is 5.82 Å². The van der Waals surface area contributed by atoms with Gasteiger partial charge in [-0.1, -0.05) is 44.9 Å². The maximum Gasteiger partial charge on any atom is 0.233 e. The molecule has 0 saturated carbocycles. The normalized spacial score (nSPS) is 19.5. The van der Waals surface area contributed by atoms with E-state index < -0.39 is 0 Å². The molecule has 2 nitrogen and oxygen atoms in total. The minimum Gasteiger partial charge on any atom is -0.325 e. The van der Waals surface area contributed by atoms with Crippen LogP contribution in [0.2, 0.25) is 0 Å². The Balaban J connectivity index is 2.16. The zero-order valence-corrected chi connectivity index (χ0v) is 12.3. The van der Waals surface area contributed by atoms with Crippen LogP contribution in [0.4, 0.5) is 4.39 Å². The molecule has 1 aliphatic heterocycles. The number of halogens is 1. The molecular weight excluding hydrogens is 261 g/mol. The van der Waals surface area contributed by atoms with E-state index in [0.29, 0.717) is 23.8 Å². The number of hydrogen-bond donors (Lipinski definition) is 0. The second-order valence-corrected chi connectivity index (χ2v) is 6.00. The number of thioether (sulfide) groups is 1. The summed E-state index contributed by atoms with van der Waals surface area (Å²) in [6, 6.07) is 6.71. The number of hydrogen-bond acceptors (Lipinski definition) is 2. The standard InChI is InChI=1S/C15H20FNOS/c1-3-11(4-2)15-17(14(18)10-19-15)9-12-7-5-6-8-13(12)16/h5-8,11,15H,3-4,9-10H2,1-2H3. The molecular formula is C15H20FNOS. The van der Waals surface area contributed by atoms with Gasteiger partial charge < -0.3 is 4.90 Å². The summed E-state index contributed by atoms with van der Waals surface area (Å²) in [5, 5.41) is 0.196. The molecule has 2 rings (SSSR count). The topological polar surface area (TPSA) is 20.3 Å². The Morgan fingerprint density at radius 1 is 1.37 bits per heavy atom. The van der Waals surface area contributed by atoms with Crippen LogP contribution in [-0.4, -0.2) is 21.9 Å². The van der Waals surface area contributed by atoms with E-state index in [2.05, 4.69) is 13.8 Å². The Kier molecular flexibility index (Phi) is 4.86. The first-order valence-corrected chi connectivity index (χ1v) is 7.86. The van der Waals surface area contributed by atoms with E-state index in [1.807, 2.05) is 11.0 Å². The van der Waals surface area contributed by atoms with Gasteiger partial charge in [0.05, 0.1) is 11.1 Å². The summed E-state index contributed by atoms with van der Waals surface area (Å²) >= 11 is 1.69. The lowest BCUT2D eigenvalue weighted by molar-refractivity contribution is -0.129. The maximum absolute atomic E-state index is 13.7. The van der Waals surface area contributed by atoms with Crippen LogP contribution in [0.5, 0.6) is 0 Å². The summed E-state index contributed by atoms with van der Waals surface area (Å²) in [6.07, 6.45) is 2.10. The fourth-order valence-electron chi connectivity index (χ4n) is 2.54. The monoisotopic (exact) mass is 281 g/mol. The van der Waals surface area contributed by atoms with E-state index in [4.69, 9.17) is 0 Å². The van der Waals surface area contributed by atoms with E-state index in [1.165, 1.54) is 6.07 Å². The van der Waals surface area contributed by atoms with Crippen LogP contribution in [0.1, 0.15) is 32.3 Å². The molecule has 1 aromatic carbocycles. The van der Waals surface area contributed by atoms with Gasteiger partial charge in [-0.05, 0) is 12.0 Å². The highest BCUT2D eigenvalue weighted by atomic mass is 32.2. The van der Waals surface area contributed by atoms with Gasteiger partial charge in [-0.2, -0.15) is 0 Å². The molecule has 19 heavy (non-hydrogen) atoms. The van der Waals surface area contributed by atoms with Crippen molar-refractivity contribution in [3.05, 3.63) is 35.6 Å². The second-order valence-electron chi connectivity index (χ2n) is 4.89. The molecule has 0 radical (unpaired) electrons. The quantitative estimate of drug-likeness (QED) is 0.821. The van der Waals surface area contributed by atoms with E-state index in [1.54, 1.807) is 23.9 Å². The summed E-state index contributed by atoms with van der Waals surface area (Å²) < 4.78 is 13.7. The lowest BCUT2D eigenvalue weighted by Crippen LogP contribution is -2.36. The summed E-state index contributed by atoms with van der Waals surface area (Å²) in [4.78, 5) is 13.9. The number of nitrogens with zero attached hydrogens (tertiary/aromatic N) is 1. The molecule has 0 bridgehead atoms. The zero-order chi connectivity index (χ0) is 13.8. The second kappa shape index (κ2) is 6.42. The smallest absolute Gasteiger partial charge is 0.233 e. The maximum atomic E-state index is 13.7. The van der Waals surface area contributed by atoms with Crippen molar-refractivity contribution in [2.24, 2.45) is 5.92 Å². The fourth-order valence-corrected chi connectivity index (χ4v) is 4.05. The van der Waals surface area contributed by atoms with E-state index in [9.17, 15) is 9.18 Å². The Labute approximate surface area is 118 Å². The summed E-state index contributed by atoms with van der Waals surface area (Å²) in [5.74, 6) is 0.916. The van der Waals surface area contributed by atoms with Gasteiger partial charge in [0.2, 0.25) is 5.91 Å². The third-order valence-corrected chi connectivity index (χ3v) is 5.15. The molecule has 4 heteroatoms. The van der Waals surface area contributed by atoms with Crippen LogP contribution >= 0.6 is 11.8 Å². The Bertz CT molecular complexity index is 448. The van der Waals surface area contributed by atoms with Crippen LogP contribution in [0, 0.1) is 11.7 Å². The van der Waals surface area contributed by atoms with Crippen LogP contribution in [-0.2, 0) is 11.3 Å².